The fourth-order valence-corrected chi connectivity index (χ4v) is 5.42. The first-order chi connectivity index (χ1) is 17.8. The highest BCUT2D eigenvalue weighted by Crippen LogP contribution is 2.48. The molecule has 3 unspecified atom stereocenters. The first kappa shape index (κ1) is 25.0. The number of benzene rings is 3. The summed E-state index contributed by atoms with van der Waals surface area (Å²) in [7, 11) is 0. The minimum Gasteiger partial charge on any atom is -0.508 e. The monoisotopic (exact) mass is 497 g/mol. The standard InChI is InChI=1S/C32H35NO4/c1-5-23-15-25(9-11-29(23)36-19-21(3)33-14-13-20(2)18-33)32-31(24-7-6-8-26(34)16-24)22(4)28-17-27(35)10-12-30(28)37-32/h5-12,15-17,20-21,32,34-35H,1,13-14,18-19H2,2-4H3. The molecule has 0 bridgehead atoms. The molecule has 192 valence electrons. The summed E-state index contributed by atoms with van der Waals surface area (Å²) < 4.78 is 12.8. The number of hydrogen-bond donors (Lipinski definition) is 2. The van der Waals surface area contributed by atoms with Crippen LogP contribution in [0.4, 0.5) is 0 Å². The molecule has 3 aromatic carbocycles. The molecule has 2 aliphatic rings. The number of ether oxygens (including phenoxy) is 2. The van der Waals surface area contributed by atoms with E-state index in [9.17, 15) is 10.2 Å². The van der Waals surface area contributed by atoms with Gasteiger partial charge in [-0.25, -0.2) is 0 Å². The number of hydrogen-bond acceptors (Lipinski definition) is 5. The van der Waals surface area contributed by atoms with Gasteiger partial charge in [-0.2, -0.15) is 0 Å². The highest BCUT2D eigenvalue weighted by Gasteiger charge is 2.30. The van der Waals surface area contributed by atoms with E-state index in [2.05, 4.69) is 31.4 Å². The molecular weight excluding hydrogens is 462 g/mol. The maximum Gasteiger partial charge on any atom is 0.150 e. The molecule has 2 heterocycles. The van der Waals surface area contributed by atoms with Crippen molar-refractivity contribution in [3.05, 3.63) is 89.5 Å². The van der Waals surface area contributed by atoms with Crippen LogP contribution in [-0.4, -0.2) is 40.9 Å². The van der Waals surface area contributed by atoms with Crippen molar-refractivity contribution in [3.8, 4) is 23.0 Å². The number of likely N-dealkylation sites (tertiary alicyclic amines) is 1. The largest absolute Gasteiger partial charge is 0.508 e. The fourth-order valence-electron chi connectivity index (χ4n) is 5.42. The van der Waals surface area contributed by atoms with Crippen LogP contribution >= 0.6 is 0 Å². The molecule has 3 aromatic rings. The van der Waals surface area contributed by atoms with Crippen LogP contribution in [0.2, 0.25) is 0 Å². The molecule has 5 nitrogen and oxygen atoms in total. The van der Waals surface area contributed by atoms with E-state index >= 15 is 0 Å². The summed E-state index contributed by atoms with van der Waals surface area (Å²) in [6, 6.07) is 18.8. The minimum absolute atomic E-state index is 0.184. The van der Waals surface area contributed by atoms with E-state index < -0.39 is 6.10 Å². The third-order valence-corrected chi connectivity index (χ3v) is 7.55. The summed E-state index contributed by atoms with van der Waals surface area (Å²) in [5.74, 6) is 2.63. The predicted molar refractivity (Wildman–Crippen MR) is 149 cm³/mol. The summed E-state index contributed by atoms with van der Waals surface area (Å²) in [5, 5.41) is 20.3. The molecule has 2 aliphatic heterocycles. The first-order valence-electron chi connectivity index (χ1n) is 13.0. The Kier molecular flexibility index (Phi) is 6.98. The van der Waals surface area contributed by atoms with Crippen molar-refractivity contribution in [2.75, 3.05) is 19.7 Å². The summed E-state index contributed by atoms with van der Waals surface area (Å²) in [5.41, 5.74) is 5.50. The van der Waals surface area contributed by atoms with Gasteiger partial charge in [0, 0.05) is 29.3 Å². The van der Waals surface area contributed by atoms with Crippen molar-refractivity contribution >= 4 is 17.2 Å². The third kappa shape index (κ3) is 5.09. The normalized spacial score (nSPS) is 20.3. The Bertz CT molecular complexity index is 1340. The number of rotatable bonds is 7. The molecule has 2 N–H and O–H groups in total. The Morgan fingerprint density at radius 2 is 1.92 bits per heavy atom. The van der Waals surface area contributed by atoms with Crippen LogP contribution in [0.5, 0.6) is 23.0 Å². The predicted octanol–water partition coefficient (Wildman–Crippen LogP) is 6.91. The van der Waals surface area contributed by atoms with Crippen LogP contribution in [0, 0.1) is 5.92 Å². The number of phenolic OH excluding ortho intramolecular Hbond substituents is 2. The number of aromatic hydroxyl groups is 2. The Morgan fingerprint density at radius 3 is 2.65 bits per heavy atom. The van der Waals surface area contributed by atoms with Gasteiger partial charge in [0.25, 0.3) is 0 Å². The Morgan fingerprint density at radius 1 is 1.11 bits per heavy atom. The topological polar surface area (TPSA) is 62.2 Å². The smallest absolute Gasteiger partial charge is 0.150 e. The van der Waals surface area contributed by atoms with E-state index in [1.54, 1.807) is 30.3 Å². The van der Waals surface area contributed by atoms with Crippen LogP contribution in [-0.2, 0) is 0 Å². The second kappa shape index (κ2) is 10.3. The van der Waals surface area contributed by atoms with Crippen LogP contribution in [0.1, 0.15) is 55.5 Å². The van der Waals surface area contributed by atoms with Gasteiger partial charge in [0.05, 0.1) is 0 Å². The summed E-state index contributed by atoms with van der Waals surface area (Å²) in [4.78, 5) is 2.49. The SMILES string of the molecule is C=Cc1cc(C2Oc3ccc(O)cc3C(C)=C2c2cccc(O)c2)ccc1OCC(C)N1CCC(C)C1. The molecule has 37 heavy (non-hydrogen) atoms. The average molecular weight is 498 g/mol. The van der Waals surface area contributed by atoms with Gasteiger partial charge in [-0.3, -0.25) is 4.90 Å². The Labute approximate surface area is 219 Å². The van der Waals surface area contributed by atoms with Crippen molar-refractivity contribution in [3.63, 3.8) is 0 Å². The molecule has 1 saturated heterocycles. The minimum atomic E-state index is -0.406. The number of fused-ring (bicyclic) bond motifs is 1. The van der Waals surface area contributed by atoms with Crippen molar-refractivity contribution in [1.29, 1.82) is 0 Å². The third-order valence-electron chi connectivity index (χ3n) is 7.55. The van der Waals surface area contributed by atoms with Gasteiger partial charge in [0.1, 0.15) is 35.7 Å². The zero-order valence-electron chi connectivity index (χ0n) is 21.8. The van der Waals surface area contributed by atoms with Gasteiger partial charge in [0.15, 0.2) is 0 Å². The maximum absolute atomic E-state index is 10.2. The average Bonchev–Trinajstić information content (AvgIpc) is 3.33. The number of nitrogens with zero attached hydrogens (tertiary/aromatic N) is 1. The second-order valence-corrected chi connectivity index (χ2v) is 10.3. The molecule has 1 fully saturated rings. The second-order valence-electron chi connectivity index (χ2n) is 10.3. The van der Waals surface area contributed by atoms with Gasteiger partial charge in [-0.1, -0.05) is 37.8 Å². The van der Waals surface area contributed by atoms with Crippen LogP contribution in [0.15, 0.2) is 67.2 Å². The number of phenols is 2. The van der Waals surface area contributed by atoms with E-state index in [4.69, 9.17) is 9.47 Å². The lowest BCUT2D eigenvalue weighted by atomic mass is 9.85. The van der Waals surface area contributed by atoms with E-state index in [-0.39, 0.29) is 11.5 Å². The molecule has 0 spiro atoms. The molecule has 5 rings (SSSR count). The molecule has 0 aromatic heterocycles. The molecular formula is C32H35NO4. The van der Waals surface area contributed by atoms with Gasteiger partial charge < -0.3 is 19.7 Å². The van der Waals surface area contributed by atoms with Crippen LogP contribution in [0.3, 0.4) is 0 Å². The lowest BCUT2D eigenvalue weighted by Crippen LogP contribution is -2.35. The van der Waals surface area contributed by atoms with Gasteiger partial charge in [-0.15, -0.1) is 0 Å². The Balaban J connectivity index is 1.48. The quantitative estimate of drug-likeness (QED) is 0.371. The summed E-state index contributed by atoms with van der Waals surface area (Å²) in [6.45, 7) is 13.5. The fraction of sp³-hybridized carbons (Fsp3) is 0.312. The van der Waals surface area contributed by atoms with Gasteiger partial charge >= 0.3 is 0 Å². The summed E-state index contributed by atoms with van der Waals surface area (Å²) in [6.07, 6.45) is 2.66. The molecule has 0 aliphatic carbocycles. The van der Waals surface area contributed by atoms with Gasteiger partial charge in [0.2, 0.25) is 0 Å². The molecule has 3 atom stereocenters. The molecule has 0 amide bonds. The highest BCUT2D eigenvalue weighted by atomic mass is 16.5. The zero-order valence-corrected chi connectivity index (χ0v) is 21.8. The Hall–Kier alpha value is -3.70. The molecule has 0 radical (unpaired) electrons. The van der Waals surface area contributed by atoms with E-state index in [1.165, 1.54) is 6.42 Å². The number of allylic oxidation sites excluding steroid dienone is 1. The van der Waals surface area contributed by atoms with Crippen LogP contribution < -0.4 is 9.47 Å². The van der Waals surface area contributed by atoms with Crippen molar-refractivity contribution in [1.82, 2.24) is 4.90 Å². The van der Waals surface area contributed by atoms with E-state index in [1.807, 2.05) is 37.3 Å². The first-order valence-corrected chi connectivity index (χ1v) is 13.0. The van der Waals surface area contributed by atoms with Crippen molar-refractivity contribution < 1.29 is 19.7 Å². The van der Waals surface area contributed by atoms with E-state index in [0.29, 0.717) is 18.4 Å². The van der Waals surface area contributed by atoms with Gasteiger partial charge in [-0.05, 0) is 91.9 Å². The maximum atomic E-state index is 10.2. The lowest BCUT2D eigenvalue weighted by molar-refractivity contribution is 0.169. The van der Waals surface area contributed by atoms with Crippen molar-refractivity contribution in [2.24, 2.45) is 5.92 Å². The van der Waals surface area contributed by atoms with E-state index in [0.717, 1.165) is 58.2 Å². The van der Waals surface area contributed by atoms with Crippen LogP contribution in [0.25, 0.3) is 17.2 Å². The molecule has 0 saturated carbocycles. The zero-order chi connectivity index (χ0) is 26.1. The summed E-state index contributed by atoms with van der Waals surface area (Å²) >= 11 is 0. The highest BCUT2D eigenvalue weighted by molar-refractivity contribution is 5.96. The molecule has 5 heteroatoms. The lowest BCUT2D eigenvalue weighted by Gasteiger charge is -2.31. The van der Waals surface area contributed by atoms with Crippen molar-refractivity contribution in [2.45, 2.75) is 39.3 Å².